The molecule has 0 amide bonds. The summed E-state index contributed by atoms with van der Waals surface area (Å²) in [6.07, 6.45) is 0. The summed E-state index contributed by atoms with van der Waals surface area (Å²) in [6, 6.07) is 21.3. The van der Waals surface area contributed by atoms with Crippen LogP contribution in [0.3, 0.4) is 0 Å². The van der Waals surface area contributed by atoms with E-state index < -0.39 is 11.6 Å². The van der Waals surface area contributed by atoms with Gasteiger partial charge >= 0.3 is 5.97 Å². The molecule has 0 bridgehead atoms. The normalized spacial score (nSPS) is 11.6. The number of nitrogens with zero attached hydrogens (tertiary/aromatic N) is 1. The zero-order valence-electron chi connectivity index (χ0n) is 21.3. The molecule has 0 saturated heterocycles. The standard InChI is InChI=1S/C30H31NO5/c1-19-9-11-23(12-10-19)28(32)27-20(2)31(26-16-24(35-5)13-14-25(26)27)17-21-7-6-8-22(15-21)18-36-30(3,4)29(33)34/h6-16H,17-18H2,1-5H3,(H,33,34). The van der Waals surface area contributed by atoms with Crippen LogP contribution in [0.5, 0.6) is 5.75 Å². The van der Waals surface area contributed by atoms with Gasteiger partial charge in [0.25, 0.3) is 0 Å². The molecule has 36 heavy (non-hydrogen) atoms. The molecular formula is C30H31NO5. The van der Waals surface area contributed by atoms with E-state index in [9.17, 15) is 14.7 Å². The molecule has 4 rings (SSSR count). The molecule has 0 saturated carbocycles. The Morgan fingerprint density at radius 2 is 1.64 bits per heavy atom. The van der Waals surface area contributed by atoms with Gasteiger partial charge in [0.15, 0.2) is 11.4 Å². The zero-order valence-corrected chi connectivity index (χ0v) is 21.3. The molecule has 0 radical (unpaired) electrons. The van der Waals surface area contributed by atoms with Gasteiger partial charge in [-0.2, -0.15) is 0 Å². The number of ketones is 1. The molecule has 0 aliphatic rings. The third kappa shape index (κ3) is 5.04. The summed E-state index contributed by atoms with van der Waals surface area (Å²) >= 11 is 0. The average molecular weight is 486 g/mol. The molecule has 6 heteroatoms. The highest BCUT2D eigenvalue weighted by Crippen LogP contribution is 2.32. The van der Waals surface area contributed by atoms with E-state index in [1.165, 1.54) is 13.8 Å². The minimum atomic E-state index is -1.27. The molecule has 0 aliphatic carbocycles. The third-order valence-electron chi connectivity index (χ3n) is 6.52. The lowest BCUT2D eigenvalue weighted by Gasteiger charge is -2.20. The van der Waals surface area contributed by atoms with E-state index in [1.54, 1.807) is 7.11 Å². The van der Waals surface area contributed by atoms with Crippen molar-refractivity contribution in [3.8, 4) is 5.75 Å². The molecule has 0 unspecified atom stereocenters. The van der Waals surface area contributed by atoms with Crippen molar-refractivity contribution in [1.82, 2.24) is 4.57 Å². The van der Waals surface area contributed by atoms with E-state index >= 15 is 0 Å². The number of hydrogen-bond acceptors (Lipinski definition) is 4. The Labute approximate surface area is 211 Å². The van der Waals surface area contributed by atoms with Gasteiger partial charge in [-0.25, -0.2) is 4.79 Å². The molecule has 1 aromatic heterocycles. The predicted molar refractivity (Wildman–Crippen MR) is 140 cm³/mol. The number of carboxylic acids is 1. The zero-order chi connectivity index (χ0) is 26.0. The maximum Gasteiger partial charge on any atom is 0.335 e. The van der Waals surface area contributed by atoms with Gasteiger partial charge in [-0.3, -0.25) is 4.79 Å². The van der Waals surface area contributed by atoms with Gasteiger partial charge in [0.05, 0.1) is 24.8 Å². The Balaban J connectivity index is 1.73. The summed E-state index contributed by atoms with van der Waals surface area (Å²) in [7, 11) is 1.63. The Morgan fingerprint density at radius 3 is 2.31 bits per heavy atom. The van der Waals surface area contributed by atoms with Gasteiger partial charge < -0.3 is 19.1 Å². The lowest BCUT2D eigenvalue weighted by atomic mass is 9.99. The van der Waals surface area contributed by atoms with E-state index in [0.717, 1.165) is 33.3 Å². The summed E-state index contributed by atoms with van der Waals surface area (Å²) in [4.78, 5) is 25.0. The monoisotopic (exact) mass is 485 g/mol. The number of aliphatic carboxylic acids is 1. The highest BCUT2D eigenvalue weighted by atomic mass is 16.5. The number of carbonyl (C=O) groups excluding carboxylic acids is 1. The van der Waals surface area contributed by atoms with Crippen molar-refractivity contribution in [2.45, 2.75) is 46.4 Å². The SMILES string of the molecule is COc1ccc2c(C(=O)c3ccc(C)cc3)c(C)n(Cc3cccc(COC(C)(C)C(=O)O)c3)c2c1. The van der Waals surface area contributed by atoms with E-state index in [4.69, 9.17) is 9.47 Å². The largest absolute Gasteiger partial charge is 0.497 e. The molecule has 0 fully saturated rings. The first-order chi connectivity index (χ1) is 17.1. The number of rotatable bonds is 9. The van der Waals surface area contributed by atoms with E-state index in [2.05, 4.69) is 4.57 Å². The number of aryl methyl sites for hydroxylation is 1. The Hall–Kier alpha value is -3.90. The Morgan fingerprint density at radius 1 is 0.944 bits per heavy atom. The molecule has 4 aromatic rings. The van der Waals surface area contributed by atoms with E-state index in [1.807, 2.05) is 80.6 Å². The maximum absolute atomic E-state index is 13.6. The first-order valence-electron chi connectivity index (χ1n) is 11.8. The molecule has 0 atom stereocenters. The van der Waals surface area contributed by atoms with Crippen molar-refractivity contribution in [2.24, 2.45) is 0 Å². The van der Waals surface area contributed by atoms with Gasteiger partial charge in [-0.1, -0.05) is 54.1 Å². The molecule has 3 aromatic carbocycles. The number of benzene rings is 3. The summed E-state index contributed by atoms with van der Waals surface area (Å²) in [6.45, 7) is 7.76. The van der Waals surface area contributed by atoms with Gasteiger partial charge in [-0.15, -0.1) is 0 Å². The molecule has 0 aliphatic heterocycles. The topological polar surface area (TPSA) is 77.8 Å². The van der Waals surface area contributed by atoms with Crippen LogP contribution in [0.4, 0.5) is 0 Å². The van der Waals surface area contributed by atoms with Crippen LogP contribution in [-0.4, -0.2) is 34.1 Å². The van der Waals surface area contributed by atoms with Crippen LogP contribution in [-0.2, 0) is 22.7 Å². The quantitative estimate of drug-likeness (QED) is 0.298. The summed E-state index contributed by atoms with van der Waals surface area (Å²) in [5.74, 6) is -0.305. The Bertz CT molecular complexity index is 1430. The second-order valence-corrected chi connectivity index (χ2v) is 9.55. The van der Waals surface area contributed by atoms with E-state index in [-0.39, 0.29) is 12.4 Å². The smallest absolute Gasteiger partial charge is 0.335 e. The summed E-state index contributed by atoms with van der Waals surface area (Å²) in [5.41, 5.74) is 4.84. The molecule has 0 spiro atoms. The molecule has 186 valence electrons. The number of methoxy groups -OCH3 is 1. The number of ether oxygens (including phenoxy) is 2. The van der Waals surface area contributed by atoms with Gasteiger partial charge in [0.1, 0.15) is 5.75 Å². The summed E-state index contributed by atoms with van der Waals surface area (Å²) in [5, 5.41) is 10.2. The van der Waals surface area contributed by atoms with Crippen molar-refractivity contribution < 1.29 is 24.2 Å². The molecule has 1 heterocycles. The second-order valence-electron chi connectivity index (χ2n) is 9.55. The van der Waals surface area contributed by atoms with Crippen molar-refractivity contribution in [1.29, 1.82) is 0 Å². The van der Waals surface area contributed by atoms with Crippen LogP contribution in [0.1, 0.15) is 52.2 Å². The first kappa shape index (κ1) is 25.2. The number of hydrogen-bond donors (Lipinski definition) is 1. The molecular weight excluding hydrogens is 454 g/mol. The van der Waals surface area contributed by atoms with Gasteiger partial charge in [-0.05, 0) is 51.0 Å². The van der Waals surface area contributed by atoms with Crippen molar-refractivity contribution in [3.63, 3.8) is 0 Å². The lowest BCUT2D eigenvalue weighted by Crippen LogP contribution is -2.34. The maximum atomic E-state index is 13.6. The number of aromatic nitrogens is 1. The van der Waals surface area contributed by atoms with Crippen molar-refractivity contribution in [2.75, 3.05) is 7.11 Å². The first-order valence-corrected chi connectivity index (χ1v) is 11.8. The average Bonchev–Trinajstić information content (AvgIpc) is 3.13. The fraction of sp³-hybridized carbons (Fsp3) is 0.267. The third-order valence-corrected chi connectivity index (χ3v) is 6.52. The fourth-order valence-corrected chi connectivity index (χ4v) is 4.25. The van der Waals surface area contributed by atoms with Crippen LogP contribution in [0.2, 0.25) is 0 Å². The number of carbonyl (C=O) groups is 2. The minimum absolute atomic E-state index is 0.0144. The van der Waals surface area contributed by atoms with Crippen LogP contribution >= 0.6 is 0 Å². The molecule has 6 nitrogen and oxygen atoms in total. The summed E-state index contributed by atoms with van der Waals surface area (Å²) < 4.78 is 13.2. The second kappa shape index (κ2) is 9.99. The highest BCUT2D eigenvalue weighted by molar-refractivity contribution is 6.17. The minimum Gasteiger partial charge on any atom is -0.497 e. The van der Waals surface area contributed by atoms with Crippen LogP contribution in [0.25, 0.3) is 10.9 Å². The number of carboxylic acid groups (broad SMARTS) is 1. The fourth-order valence-electron chi connectivity index (χ4n) is 4.25. The highest BCUT2D eigenvalue weighted by Gasteiger charge is 2.28. The van der Waals surface area contributed by atoms with Crippen LogP contribution in [0, 0.1) is 13.8 Å². The van der Waals surface area contributed by atoms with Gasteiger partial charge in [0.2, 0.25) is 0 Å². The van der Waals surface area contributed by atoms with Crippen molar-refractivity contribution in [3.05, 3.63) is 100 Å². The van der Waals surface area contributed by atoms with E-state index in [0.29, 0.717) is 23.4 Å². The van der Waals surface area contributed by atoms with Crippen molar-refractivity contribution >= 4 is 22.7 Å². The Kier molecular flexibility index (Phi) is 7.00. The lowest BCUT2D eigenvalue weighted by molar-refractivity contribution is -0.162. The molecule has 1 N–H and O–H groups in total. The predicted octanol–water partition coefficient (Wildman–Crippen LogP) is 5.93. The van der Waals surface area contributed by atoms with Crippen LogP contribution in [0.15, 0.2) is 66.7 Å². The van der Waals surface area contributed by atoms with Crippen LogP contribution < -0.4 is 4.74 Å². The number of fused-ring (bicyclic) bond motifs is 1. The van der Waals surface area contributed by atoms with Gasteiger partial charge in [0, 0.05) is 29.3 Å².